The zero-order valence-corrected chi connectivity index (χ0v) is 16.0. The van der Waals surface area contributed by atoms with E-state index in [2.05, 4.69) is 0 Å². The van der Waals surface area contributed by atoms with Crippen molar-refractivity contribution < 1.29 is 27.9 Å². The van der Waals surface area contributed by atoms with Crippen LogP contribution in [0.3, 0.4) is 0 Å². The van der Waals surface area contributed by atoms with Crippen molar-refractivity contribution in [1.29, 1.82) is 0 Å². The number of hydrogen-bond donors (Lipinski definition) is 1. The summed E-state index contributed by atoms with van der Waals surface area (Å²) >= 11 is 0. The van der Waals surface area contributed by atoms with Crippen molar-refractivity contribution in [3.8, 4) is 0 Å². The van der Waals surface area contributed by atoms with Crippen molar-refractivity contribution in [3.63, 3.8) is 0 Å². The van der Waals surface area contributed by atoms with Crippen LogP contribution >= 0.6 is 0 Å². The lowest BCUT2D eigenvalue weighted by molar-refractivity contribution is -0.138. The monoisotopic (exact) mass is 394 g/mol. The second kappa shape index (κ2) is 6.95. The van der Waals surface area contributed by atoms with E-state index >= 15 is 0 Å². The summed E-state index contributed by atoms with van der Waals surface area (Å²) < 4.78 is 26.2. The molecule has 0 spiro atoms. The molecule has 0 bridgehead atoms. The maximum Gasteiger partial charge on any atom is 0.303 e. The van der Waals surface area contributed by atoms with Gasteiger partial charge in [0.2, 0.25) is 0 Å². The van der Waals surface area contributed by atoms with E-state index in [-0.39, 0.29) is 34.3 Å². The molecule has 0 atom stereocenters. The van der Waals surface area contributed by atoms with Gasteiger partial charge in [0.15, 0.2) is 0 Å². The van der Waals surface area contributed by atoms with Gasteiger partial charge in [0.05, 0.1) is 5.56 Å². The van der Waals surface area contributed by atoms with E-state index in [0.29, 0.717) is 25.9 Å². The summed E-state index contributed by atoms with van der Waals surface area (Å²) in [4.78, 5) is 37.4. The number of fused-ring (bicyclic) bond motifs is 1. The number of carboxylic acid groups (broad SMARTS) is 1. The zero-order valence-electron chi connectivity index (χ0n) is 15.2. The molecule has 2 aliphatic rings. The minimum Gasteiger partial charge on any atom is -0.481 e. The largest absolute Gasteiger partial charge is 0.481 e. The van der Waals surface area contributed by atoms with E-state index in [1.165, 1.54) is 18.2 Å². The van der Waals surface area contributed by atoms with Gasteiger partial charge in [-0.15, -0.1) is 0 Å². The number of benzene rings is 1. The van der Waals surface area contributed by atoms with Gasteiger partial charge in [-0.05, 0) is 50.8 Å². The van der Waals surface area contributed by atoms with E-state index in [9.17, 15) is 22.8 Å². The molecule has 9 heteroatoms. The van der Waals surface area contributed by atoms with Gasteiger partial charge in [-0.2, -0.15) is 0 Å². The molecule has 1 saturated heterocycles. The molecule has 1 N–H and O–H groups in total. The van der Waals surface area contributed by atoms with Crippen LogP contribution in [0.25, 0.3) is 0 Å². The standard InChI is InChI=1S/C18H22N2O6S/c1-11(2)20-18(24)14-4-3-13(10-15(14)27(20,25)26)17(23)19-7-5-12(6-8-19)9-16(21)22/h3-4,10-12H,5-9H2,1-2H3,(H,21,22). The molecule has 1 aromatic rings. The molecule has 2 aliphatic heterocycles. The van der Waals surface area contributed by atoms with Crippen molar-refractivity contribution in [2.24, 2.45) is 5.92 Å². The Balaban J connectivity index is 1.81. The van der Waals surface area contributed by atoms with Gasteiger partial charge in [0.1, 0.15) is 4.90 Å². The number of nitrogens with zero attached hydrogens (tertiary/aromatic N) is 2. The Morgan fingerprint density at radius 1 is 1.22 bits per heavy atom. The Morgan fingerprint density at radius 3 is 2.41 bits per heavy atom. The maximum absolute atomic E-state index is 12.8. The van der Waals surface area contributed by atoms with Gasteiger partial charge in [0.25, 0.3) is 21.8 Å². The van der Waals surface area contributed by atoms with Crippen LogP contribution in [0.5, 0.6) is 0 Å². The predicted molar refractivity (Wildman–Crippen MR) is 95.8 cm³/mol. The number of hydrogen-bond acceptors (Lipinski definition) is 5. The van der Waals surface area contributed by atoms with Crippen molar-refractivity contribution in [2.45, 2.75) is 44.0 Å². The van der Waals surface area contributed by atoms with E-state index in [1.54, 1.807) is 18.7 Å². The Morgan fingerprint density at radius 2 is 1.85 bits per heavy atom. The van der Waals surface area contributed by atoms with Crippen molar-refractivity contribution in [1.82, 2.24) is 9.21 Å². The van der Waals surface area contributed by atoms with Crippen LogP contribution < -0.4 is 0 Å². The number of rotatable bonds is 4. The summed E-state index contributed by atoms with van der Waals surface area (Å²) in [6, 6.07) is 3.63. The smallest absolute Gasteiger partial charge is 0.303 e. The molecule has 0 aliphatic carbocycles. The number of carbonyl (C=O) groups excluding carboxylic acids is 2. The van der Waals surface area contributed by atoms with Crippen LogP contribution in [-0.4, -0.2) is 59.6 Å². The Kier molecular flexibility index (Phi) is 4.98. The second-order valence-corrected chi connectivity index (χ2v) is 9.03. The average molecular weight is 394 g/mol. The minimum absolute atomic E-state index is 0.0455. The molecular formula is C18H22N2O6S. The fraction of sp³-hybridized carbons (Fsp3) is 0.500. The summed E-state index contributed by atoms with van der Waals surface area (Å²) in [6.07, 6.45) is 1.29. The van der Waals surface area contributed by atoms with Crippen molar-refractivity contribution in [3.05, 3.63) is 29.3 Å². The molecule has 27 heavy (non-hydrogen) atoms. The van der Waals surface area contributed by atoms with Crippen LogP contribution in [-0.2, 0) is 14.8 Å². The molecule has 0 radical (unpaired) electrons. The van der Waals surface area contributed by atoms with Gasteiger partial charge in [-0.3, -0.25) is 14.4 Å². The Labute approximate surface area is 157 Å². The summed E-state index contributed by atoms with van der Waals surface area (Å²) in [5.41, 5.74) is 0.299. The number of likely N-dealkylation sites (tertiary alicyclic amines) is 1. The number of amides is 2. The SMILES string of the molecule is CC(C)N1C(=O)c2ccc(C(=O)N3CCC(CC(=O)O)CC3)cc2S1(=O)=O. The first-order valence-electron chi connectivity index (χ1n) is 8.86. The summed E-state index contributed by atoms with van der Waals surface area (Å²) in [6.45, 7) is 4.10. The number of aliphatic carboxylic acids is 1. The van der Waals surface area contributed by atoms with E-state index in [1.807, 2.05) is 0 Å². The molecule has 0 aromatic heterocycles. The molecule has 146 valence electrons. The fourth-order valence-corrected chi connectivity index (χ4v) is 5.45. The topological polar surface area (TPSA) is 112 Å². The molecular weight excluding hydrogens is 372 g/mol. The van der Waals surface area contributed by atoms with E-state index in [0.717, 1.165) is 4.31 Å². The molecule has 3 rings (SSSR count). The van der Waals surface area contributed by atoms with Gasteiger partial charge < -0.3 is 10.0 Å². The first-order chi connectivity index (χ1) is 12.6. The third kappa shape index (κ3) is 3.43. The third-order valence-corrected chi connectivity index (χ3v) is 7.03. The quantitative estimate of drug-likeness (QED) is 0.829. The highest BCUT2D eigenvalue weighted by atomic mass is 32.2. The first-order valence-corrected chi connectivity index (χ1v) is 10.3. The molecule has 0 unspecified atom stereocenters. The van der Waals surface area contributed by atoms with Crippen LogP contribution in [0.15, 0.2) is 23.1 Å². The van der Waals surface area contributed by atoms with Gasteiger partial charge in [0, 0.05) is 31.1 Å². The van der Waals surface area contributed by atoms with Gasteiger partial charge in [-0.25, -0.2) is 12.7 Å². The normalized spacial score (nSPS) is 19.4. The Bertz CT molecular complexity index is 900. The summed E-state index contributed by atoms with van der Waals surface area (Å²) in [7, 11) is -3.96. The molecule has 8 nitrogen and oxygen atoms in total. The molecule has 2 heterocycles. The lowest BCUT2D eigenvalue weighted by Crippen LogP contribution is -2.39. The summed E-state index contributed by atoms with van der Waals surface area (Å²) in [5.74, 6) is -1.68. The van der Waals surface area contributed by atoms with E-state index < -0.39 is 27.9 Å². The number of piperidine rings is 1. The van der Waals surface area contributed by atoms with Gasteiger partial charge >= 0.3 is 5.97 Å². The lowest BCUT2D eigenvalue weighted by Gasteiger charge is -2.31. The predicted octanol–water partition coefficient (Wildman–Crippen LogP) is 1.57. The number of carbonyl (C=O) groups is 3. The zero-order chi connectivity index (χ0) is 19.9. The van der Waals surface area contributed by atoms with E-state index in [4.69, 9.17) is 5.11 Å². The molecule has 2 amide bonds. The fourth-order valence-electron chi connectivity index (χ4n) is 3.66. The number of sulfonamides is 1. The van der Waals surface area contributed by atoms with Gasteiger partial charge in [-0.1, -0.05) is 0 Å². The molecule has 1 aromatic carbocycles. The second-order valence-electron chi connectivity index (χ2n) is 7.24. The third-order valence-electron chi connectivity index (χ3n) is 5.03. The van der Waals surface area contributed by atoms with Crippen LogP contribution in [0, 0.1) is 5.92 Å². The summed E-state index contributed by atoms with van der Waals surface area (Å²) in [5, 5.41) is 8.87. The number of carboxylic acids is 1. The molecule has 0 saturated carbocycles. The van der Waals surface area contributed by atoms with Crippen molar-refractivity contribution >= 4 is 27.8 Å². The highest BCUT2D eigenvalue weighted by Crippen LogP contribution is 2.33. The van der Waals surface area contributed by atoms with Crippen LogP contribution in [0.2, 0.25) is 0 Å². The highest BCUT2D eigenvalue weighted by molar-refractivity contribution is 7.90. The van der Waals surface area contributed by atoms with Crippen LogP contribution in [0.4, 0.5) is 0 Å². The minimum atomic E-state index is -3.96. The van der Waals surface area contributed by atoms with Crippen LogP contribution in [0.1, 0.15) is 53.8 Å². The highest BCUT2D eigenvalue weighted by Gasteiger charge is 2.43. The first kappa shape index (κ1) is 19.3. The Hall–Kier alpha value is -2.42. The lowest BCUT2D eigenvalue weighted by atomic mass is 9.93. The molecule has 1 fully saturated rings. The van der Waals surface area contributed by atoms with Crippen molar-refractivity contribution in [2.75, 3.05) is 13.1 Å². The average Bonchev–Trinajstić information content (AvgIpc) is 2.80. The maximum atomic E-state index is 12.8.